The second kappa shape index (κ2) is 8.79. The van der Waals surface area contributed by atoms with Crippen LogP contribution in [0.15, 0.2) is 66.7 Å². The van der Waals surface area contributed by atoms with E-state index in [2.05, 4.69) is 0 Å². The molecule has 0 saturated heterocycles. The van der Waals surface area contributed by atoms with E-state index in [1.807, 2.05) is 31.1 Å². The van der Waals surface area contributed by atoms with Crippen molar-refractivity contribution in [3.63, 3.8) is 0 Å². The van der Waals surface area contributed by atoms with Crippen LogP contribution in [-0.2, 0) is 0 Å². The Labute approximate surface area is 184 Å². The third-order valence-corrected chi connectivity index (χ3v) is 6.16. The second-order valence-electron chi connectivity index (χ2n) is 7.54. The minimum atomic E-state index is -0.0974. The highest BCUT2D eigenvalue weighted by molar-refractivity contribution is 7.22. The third-order valence-electron chi connectivity index (χ3n) is 4.95. The van der Waals surface area contributed by atoms with Gasteiger partial charge in [-0.25, -0.2) is 0 Å². The van der Waals surface area contributed by atoms with Crippen molar-refractivity contribution in [3.05, 3.63) is 77.9 Å². The molecule has 0 unspecified atom stereocenters. The Balaban J connectivity index is 1.71. The number of nitrogens with zero attached hydrogens (tertiary/aromatic N) is 1. The molecule has 0 aliphatic rings. The maximum atomic E-state index is 13.5. The molecule has 158 valence electrons. The van der Waals surface area contributed by atoms with Gasteiger partial charge in [0, 0.05) is 32.6 Å². The number of likely N-dealkylation sites (N-methyl/N-ethyl adjacent to an activating group) is 1. The highest BCUT2D eigenvalue weighted by Gasteiger charge is 2.22. The maximum absolute atomic E-state index is 13.5. The van der Waals surface area contributed by atoms with Crippen molar-refractivity contribution in [2.75, 3.05) is 27.2 Å². The molecule has 4 aromatic rings. The lowest BCUT2D eigenvalue weighted by molar-refractivity contribution is 0.104. The van der Waals surface area contributed by atoms with E-state index < -0.39 is 0 Å². The molecule has 0 atom stereocenters. The minimum Gasteiger partial charge on any atom is -0.508 e. The molecular formula is C25H23NO4S. The highest BCUT2D eigenvalue weighted by atomic mass is 32.1. The SMILES string of the molecule is CN(C)CCOc1ccc(C(=O)c2c(-c3ccc(O)cc3)sc3cc(O)ccc23)cc1. The molecule has 0 bridgehead atoms. The van der Waals surface area contributed by atoms with Crippen molar-refractivity contribution in [3.8, 4) is 27.7 Å². The summed E-state index contributed by atoms with van der Waals surface area (Å²) in [6.45, 7) is 1.38. The summed E-state index contributed by atoms with van der Waals surface area (Å²) in [5.41, 5.74) is 1.99. The van der Waals surface area contributed by atoms with E-state index in [0.717, 1.165) is 32.8 Å². The zero-order valence-corrected chi connectivity index (χ0v) is 18.1. The summed E-state index contributed by atoms with van der Waals surface area (Å²) in [4.78, 5) is 16.4. The molecule has 0 saturated carbocycles. The largest absolute Gasteiger partial charge is 0.508 e. The van der Waals surface area contributed by atoms with Crippen LogP contribution in [0.25, 0.3) is 20.5 Å². The number of aromatic hydroxyl groups is 2. The molecule has 0 fully saturated rings. The average Bonchev–Trinajstić information content (AvgIpc) is 3.12. The number of ketones is 1. The fourth-order valence-electron chi connectivity index (χ4n) is 3.32. The van der Waals surface area contributed by atoms with Gasteiger partial charge in [-0.15, -0.1) is 11.3 Å². The fourth-order valence-corrected chi connectivity index (χ4v) is 4.56. The van der Waals surface area contributed by atoms with Gasteiger partial charge in [-0.1, -0.05) is 0 Å². The van der Waals surface area contributed by atoms with Crippen LogP contribution in [0.4, 0.5) is 0 Å². The molecule has 0 aliphatic carbocycles. The number of hydrogen-bond acceptors (Lipinski definition) is 6. The first kappa shape index (κ1) is 20.9. The highest BCUT2D eigenvalue weighted by Crippen LogP contribution is 2.41. The van der Waals surface area contributed by atoms with E-state index in [9.17, 15) is 15.0 Å². The third kappa shape index (κ3) is 4.55. The van der Waals surface area contributed by atoms with E-state index in [1.54, 1.807) is 54.6 Å². The standard InChI is InChI=1S/C25H23NO4S/c1-26(2)13-14-30-20-10-5-16(6-11-20)24(29)23-21-12-9-19(28)15-22(21)31-25(23)17-3-7-18(27)8-4-17/h3-12,15,27-28H,13-14H2,1-2H3. The van der Waals surface area contributed by atoms with Crippen molar-refractivity contribution < 1.29 is 19.7 Å². The van der Waals surface area contributed by atoms with Crippen molar-refractivity contribution in [2.24, 2.45) is 0 Å². The molecule has 1 heterocycles. The lowest BCUT2D eigenvalue weighted by Crippen LogP contribution is -2.19. The van der Waals surface area contributed by atoms with Crippen molar-refractivity contribution in [1.82, 2.24) is 4.90 Å². The van der Waals surface area contributed by atoms with E-state index >= 15 is 0 Å². The molecule has 4 rings (SSSR count). The van der Waals surface area contributed by atoms with Crippen molar-refractivity contribution >= 4 is 27.2 Å². The summed E-state index contributed by atoms with van der Waals surface area (Å²) in [6, 6.07) is 19.0. The van der Waals surface area contributed by atoms with Gasteiger partial charge in [0.1, 0.15) is 23.9 Å². The van der Waals surface area contributed by atoms with Gasteiger partial charge in [0.15, 0.2) is 5.78 Å². The first-order chi connectivity index (χ1) is 14.9. The molecule has 31 heavy (non-hydrogen) atoms. The Hall–Kier alpha value is -3.35. The Kier molecular flexibility index (Phi) is 5.93. The van der Waals surface area contributed by atoms with Gasteiger partial charge < -0.3 is 19.8 Å². The van der Waals surface area contributed by atoms with Gasteiger partial charge in [0.2, 0.25) is 0 Å². The van der Waals surface area contributed by atoms with Crippen LogP contribution in [-0.4, -0.2) is 48.1 Å². The van der Waals surface area contributed by atoms with E-state index in [4.69, 9.17) is 4.74 Å². The number of ether oxygens (including phenoxy) is 1. The van der Waals surface area contributed by atoms with E-state index in [1.165, 1.54) is 11.3 Å². The maximum Gasteiger partial charge on any atom is 0.195 e. The summed E-state index contributed by atoms with van der Waals surface area (Å²) < 4.78 is 6.56. The number of phenols is 2. The lowest BCUT2D eigenvalue weighted by atomic mass is 9.97. The molecule has 0 spiro atoms. The number of carbonyl (C=O) groups is 1. The van der Waals surface area contributed by atoms with Crippen LogP contribution >= 0.6 is 11.3 Å². The summed E-state index contributed by atoms with van der Waals surface area (Å²) in [5, 5.41) is 20.3. The fraction of sp³-hybridized carbons (Fsp3) is 0.160. The van der Waals surface area contributed by atoms with Crippen LogP contribution in [0.1, 0.15) is 15.9 Å². The number of hydrogen-bond donors (Lipinski definition) is 2. The first-order valence-electron chi connectivity index (χ1n) is 9.89. The summed E-state index contributed by atoms with van der Waals surface area (Å²) in [6.07, 6.45) is 0. The Bertz CT molecular complexity index is 1210. The van der Waals surface area contributed by atoms with Crippen molar-refractivity contribution in [1.29, 1.82) is 0 Å². The van der Waals surface area contributed by atoms with Gasteiger partial charge in [-0.3, -0.25) is 4.79 Å². The molecular weight excluding hydrogens is 410 g/mol. The lowest BCUT2D eigenvalue weighted by Gasteiger charge is -2.11. The molecule has 6 heteroatoms. The quantitative estimate of drug-likeness (QED) is 0.395. The first-order valence-corrected chi connectivity index (χ1v) is 10.7. The van der Waals surface area contributed by atoms with Gasteiger partial charge >= 0.3 is 0 Å². The number of rotatable bonds is 7. The van der Waals surface area contributed by atoms with Crippen molar-refractivity contribution in [2.45, 2.75) is 0 Å². The van der Waals surface area contributed by atoms with Crippen LogP contribution in [0.5, 0.6) is 17.2 Å². The van der Waals surface area contributed by atoms with Gasteiger partial charge in [0.05, 0.1) is 0 Å². The summed E-state index contributed by atoms with van der Waals surface area (Å²) in [5.74, 6) is 0.946. The van der Waals surface area contributed by atoms with Gasteiger partial charge in [0.25, 0.3) is 0 Å². The average molecular weight is 434 g/mol. The molecule has 0 amide bonds. The second-order valence-corrected chi connectivity index (χ2v) is 8.59. The van der Waals surface area contributed by atoms with E-state index in [0.29, 0.717) is 17.7 Å². The summed E-state index contributed by atoms with van der Waals surface area (Å²) in [7, 11) is 3.98. The summed E-state index contributed by atoms with van der Waals surface area (Å²) >= 11 is 1.45. The molecule has 0 aliphatic heterocycles. The van der Waals surface area contributed by atoms with Crippen LogP contribution in [0, 0.1) is 0 Å². The Morgan fingerprint density at radius 2 is 1.61 bits per heavy atom. The molecule has 2 N–H and O–H groups in total. The van der Waals surface area contributed by atoms with Crippen LogP contribution < -0.4 is 4.74 Å². The zero-order chi connectivity index (χ0) is 22.0. The predicted octanol–water partition coefficient (Wildman–Crippen LogP) is 5.15. The number of phenolic OH excluding ortho intramolecular Hbond substituents is 2. The smallest absolute Gasteiger partial charge is 0.195 e. The van der Waals surface area contributed by atoms with Crippen LogP contribution in [0.3, 0.4) is 0 Å². The number of fused-ring (bicyclic) bond motifs is 1. The van der Waals surface area contributed by atoms with Crippen LogP contribution in [0.2, 0.25) is 0 Å². The predicted molar refractivity (Wildman–Crippen MR) is 125 cm³/mol. The molecule has 5 nitrogen and oxygen atoms in total. The molecule has 0 radical (unpaired) electrons. The zero-order valence-electron chi connectivity index (χ0n) is 17.3. The Morgan fingerprint density at radius 3 is 2.29 bits per heavy atom. The number of thiophene rings is 1. The minimum absolute atomic E-state index is 0.0974. The Morgan fingerprint density at radius 1 is 0.935 bits per heavy atom. The van der Waals surface area contributed by atoms with Gasteiger partial charge in [-0.2, -0.15) is 0 Å². The molecule has 1 aromatic heterocycles. The van der Waals surface area contributed by atoms with Gasteiger partial charge in [-0.05, 0) is 86.4 Å². The molecule has 3 aromatic carbocycles. The number of carbonyl (C=O) groups excluding carboxylic acids is 1. The topological polar surface area (TPSA) is 70.0 Å². The normalized spacial score (nSPS) is 11.2. The monoisotopic (exact) mass is 433 g/mol. The number of benzene rings is 3. The van der Waals surface area contributed by atoms with E-state index in [-0.39, 0.29) is 17.3 Å².